The molecule has 0 saturated heterocycles. The summed E-state index contributed by atoms with van der Waals surface area (Å²) in [7, 11) is 0. The molecule has 0 aliphatic rings. The van der Waals surface area contributed by atoms with Crippen LogP contribution in [0.4, 0.5) is 0 Å². The van der Waals surface area contributed by atoms with Crippen LogP contribution in [0.2, 0.25) is 0 Å². The van der Waals surface area contributed by atoms with Gasteiger partial charge < -0.3 is 5.32 Å². The van der Waals surface area contributed by atoms with Crippen molar-refractivity contribution in [2.24, 2.45) is 0 Å². The lowest BCUT2D eigenvalue weighted by Crippen LogP contribution is -2.13. The minimum absolute atomic E-state index is 0.379. The Morgan fingerprint density at radius 1 is 1.30 bits per heavy atom. The van der Waals surface area contributed by atoms with Crippen LogP contribution < -0.4 is 5.32 Å². The van der Waals surface area contributed by atoms with Gasteiger partial charge in [0.1, 0.15) is 0 Å². The molecule has 4 nitrogen and oxygen atoms in total. The first kappa shape index (κ1) is 14.7. The summed E-state index contributed by atoms with van der Waals surface area (Å²) in [6.07, 6.45) is 7.10. The largest absolute Gasteiger partial charge is 0.313 e. The van der Waals surface area contributed by atoms with Gasteiger partial charge in [-0.25, -0.2) is 0 Å². The van der Waals surface area contributed by atoms with Gasteiger partial charge in [-0.1, -0.05) is 6.92 Å². The maximum absolute atomic E-state index is 4.56. The maximum atomic E-state index is 4.56. The lowest BCUT2D eigenvalue weighted by Gasteiger charge is -2.05. The van der Waals surface area contributed by atoms with Crippen molar-refractivity contribution in [3.8, 4) is 11.1 Å². The predicted octanol–water partition coefficient (Wildman–Crippen LogP) is 3.33. The van der Waals surface area contributed by atoms with Gasteiger partial charge in [-0.2, -0.15) is 5.10 Å². The van der Waals surface area contributed by atoms with Crippen molar-refractivity contribution in [2.75, 3.05) is 6.54 Å². The van der Waals surface area contributed by atoms with Crippen molar-refractivity contribution < 1.29 is 0 Å². The standard InChI is InChI=1S/C16H24N4/c1-5-6-17-8-14-7-15(10-18-9-14)16-11-20(12(2)3)19-13(16)4/h7,9-12,17H,5-6,8H2,1-4H3. The van der Waals surface area contributed by atoms with E-state index in [4.69, 9.17) is 0 Å². The highest BCUT2D eigenvalue weighted by atomic mass is 15.3. The third-order valence-electron chi connectivity index (χ3n) is 3.31. The minimum Gasteiger partial charge on any atom is -0.313 e. The van der Waals surface area contributed by atoms with Crippen molar-refractivity contribution in [1.82, 2.24) is 20.1 Å². The quantitative estimate of drug-likeness (QED) is 0.820. The summed E-state index contributed by atoms with van der Waals surface area (Å²) in [5, 5.41) is 7.97. The van der Waals surface area contributed by atoms with Gasteiger partial charge in [0.25, 0.3) is 0 Å². The zero-order chi connectivity index (χ0) is 14.5. The zero-order valence-corrected chi connectivity index (χ0v) is 12.8. The Morgan fingerprint density at radius 2 is 2.10 bits per heavy atom. The van der Waals surface area contributed by atoms with E-state index in [1.54, 1.807) is 0 Å². The van der Waals surface area contributed by atoms with Crippen LogP contribution in [-0.4, -0.2) is 21.3 Å². The second-order valence-corrected chi connectivity index (χ2v) is 5.46. The van der Waals surface area contributed by atoms with Crippen LogP contribution in [0.1, 0.15) is 44.5 Å². The first-order valence-corrected chi connectivity index (χ1v) is 7.32. The fraction of sp³-hybridized carbons (Fsp3) is 0.500. The van der Waals surface area contributed by atoms with Crippen molar-refractivity contribution in [3.05, 3.63) is 35.9 Å². The molecule has 0 bridgehead atoms. The summed E-state index contributed by atoms with van der Waals surface area (Å²) >= 11 is 0. The molecule has 0 fully saturated rings. The molecule has 0 aromatic carbocycles. The molecule has 2 heterocycles. The third-order valence-corrected chi connectivity index (χ3v) is 3.31. The molecule has 4 heteroatoms. The molecule has 1 N–H and O–H groups in total. The lowest BCUT2D eigenvalue weighted by atomic mass is 10.1. The van der Waals surface area contributed by atoms with Crippen LogP contribution in [0, 0.1) is 6.92 Å². The van der Waals surface area contributed by atoms with Gasteiger partial charge in [-0.3, -0.25) is 9.67 Å². The number of nitrogens with one attached hydrogen (secondary N) is 1. The molecule has 0 amide bonds. The molecule has 0 atom stereocenters. The Hall–Kier alpha value is -1.68. The number of pyridine rings is 1. The van der Waals surface area contributed by atoms with E-state index in [0.717, 1.165) is 30.8 Å². The van der Waals surface area contributed by atoms with Crippen LogP contribution >= 0.6 is 0 Å². The summed E-state index contributed by atoms with van der Waals surface area (Å²) in [6.45, 7) is 10.4. The van der Waals surface area contributed by atoms with E-state index in [0.29, 0.717) is 6.04 Å². The van der Waals surface area contributed by atoms with Crippen LogP contribution in [0.5, 0.6) is 0 Å². The molecular weight excluding hydrogens is 248 g/mol. The Balaban J connectivity index is 2.22. The van der Waals surface area contributed by atoms with Crippen molar-refractivity contribution >= 4 is 0 Å². The Kier molecular flexibility index (Phi) is 4.90. The smallest absolute Gasteiger partial charge is 0.0672 e. The topological polar surface area (TPSA) is 42.7 Å². The summed E-state index contributed by atoms with van der Waals surface area (Å²) in [5.41, 5.74) is 4.58. The molecule has 2 aromatic heterocycles. The molecule has 0 aliphatic heterocycles. The van der Waals surface area contributed by atoms with E-state index in [1.807, 2.05) is 17.1 Å². The third kappa shape index (κ3) is 3.45. The van der Waals surface area contributed by atoms with E-state index >= 15 is 0 Å². The number of nitrogens with zero attached hydrogens (tertiary/aromatic N) is 3. The van der Waals surface area contributed by atoms with E-state index in [2.05, 4.69) is 55.4 Å². The van der Waals surface area contributed by atoms with Crippen molar-refractivity contribution in [3.63, 3.8) is 0 Å². The first-order chi connectivity index (χ1) is 9.61. The number of rotatable bonds is 6. The van der Waals surface area contributed by atoms with Crippen LogP contribution in [0.3, 0.4) is 0 Å². The highest BCUT2D eigenvalue weighted by Crippen LogP contribution is 2.23. The highest BCUT2D eigenvalue weighted by Gasteiger charge is 2.10. The number of hydrogen-bond donors (Lipinski definition) is 1. The SMILES string of the molecule is CCCNCc1cncc(-c2cn(C(C)C)nc2C)c1. The molecule has 108 valence electrons. The van der Waals surface area contributed by atoms with Gasteiger partial charge in [-0.15, -0.1) is 0 Å². The molecule has 0 aliphatic carbocycles. The monoisotopic (exact) mass is 272 g/mol. The van der Waals surface area contributed by atoms with E-state index in [1.165, 1.54) is 11.1 Å². The Bertz CT molecular complexity index is 557. The van der Waals surface area contributed by atoms with Crippen molar-refractivity contribution in [2.45, 2.75) is 46.7 Å². The minimum atomic E-state index is 0.379. The van der Waals surface area contributed by atoms with Gasteiger partial charge in [0.15, 0.2) is 0 Å². The number of aryl methyl sites for hydroxylation is 1. The zero-order valence-electron chi connectivity index (χ0n) is 12.8. The van der Waals surface area contributed by atoms with E-state index in [-0.39, 0.29) is 0 Å². The molecule has 2 aromatic rings. The van der Waals surface area contributed by atoms with Gasteiger partial charge in [0, 0.05) is 42.3 Å². The molecule has 2 rings (SSSR count). The van der Waals surface area contributed by atoms with Gasteiger partial charge in [0.2, 0.25) is 0 Å². The Labute approximate surface area is 121 Å². The molecular formula is C16H24N4. The summed E-state index contributed by atoms with van der Waals surface area (Å²) in [6, 6.07) is 2.58. The molecule has 0 radical (unpaired) electrons. The van der Waals surface area contributed by atoms with Crippen LogP contribution in [0.15, 0.2) is 24.7 Å². The van der Waals surface area contributed by atoms with Crippen LogP contribution in [-0.2, 0) is 6.54 Å². The normalized spacial score (nSPS) is 11.2. The number of hydrogen-bond acceptors (Lipinski definition) is 3. The maximum Gasteiger partial charge on any atom is 0.0672 e. The van der Waals surface area contributed by atoms with Crippen molar-refractivity contribution in [1.29, 1.82) is 0 Å². The lowest BCUT2D eigenvalue weighted by molar-refractivity contribution is 0.529. The fourth-order valence-electron chi connectivity index (χ4n) is 2.17. The van der Waals surface area contributed by atoms with Crippen LogP contribution in [0.25, 0.3) is 11.1 Å². The summed E-state index contributed by atoms with van der Waals surface area (Å²) in [5.74, 6) is 0. The average molecular weight is 272 g/mol. The highest BCUT2D eigenvalue weighted by molar-refractivity contribution is 5.64. The summed E-state index contributed by atoms with van der Waals surface area (Å²) < 4.78 is 2.01. The van der Waals surface area contributed by atoms with Gasteiger partial charge in [-0.05, 0) is 45.4 Å². The van der Waals surface area contributed by atoms with E-state index < -0.39 is 0 Å². The fourth-order valence-corrected chi connectivity index (χ4v) is 2.17. The average Bonchev–Trinajstić information content (AvgIpc) is 2.82. The second kappa shape index (κ2) is 6.66. The van der Waals surface area contributed by atoms with Gasteiger partial charge >= 0.3 is 0 Å². The molecule has 20 heavy (non-hydrogen) atoms. The molecule has 0 spiro atoms. The molecule has 0 saturated carbocycles. The second-order valence-electron chi connectivity index (χ2n) is 5.46. The Morgan fingerprint density at radius 3 is 2.75 bits per heavy atom. The van der Waals surface area contributed by atoms with Gasteiger partial charge in [0.05, 0.1) is 5.69 Å². The predicted molar refractivity (Wildman–Crippen MR) is 82.6 cm³/mol. The summed E-state index contributed by atoms with van der Waals surface area (Å²) in [4.78, 5) is 4.36. The number of aromatic nitrogens is 3. The molecule has 0 unspecified atom stereocenters. The van der Waals surface area contributed by atoms with E-state index in [9.17, 15) is 0 Å². The first-order valence-electron chi connectivity index (χ1n) is 7.32.